The highest BCUT2D eigenvalue weighted by Gasteiger charge is 2.18. The first-order chi connectivity index (χ1) is 12.7. The molecule has 0 radical (unpaired) electrons. The van der Waals surface area contributed by atoms with Crippen LogP contribution in [-0.4, -0.2) is 32.0 Å². The monoisotopic (exact) mass is 374 g/mol. The molecule has 2 aromatic rings. The molecule has 1 aromatic carbocycles. The molecule has 27 heavy (non-hydrogen) atoms. The predicted octanol–water partition coefficient (Wildman–Crippen LogP) is 3.24. The van der Waals surface area contributed by atoms with Crippen molar-refractivity contribution in [3.63, 3.8) is 0 Å². The van der Waals surface area contributed by atoms with E-state index in [9.17, 15) is 19.4 Å². The van der Waals surface area contributed by atoms with Crippen LogP contribution in [0.15, 0.2) is 35.1 Å². The Morgan fingerprint density at radius 2 is 1.85 bits per heavy atom. The quantitative estimate of drug-likeness (QED) is 0.780. The first-order valence-electron chi connectivity index (χ1n) is 9.15. The van der Waals surface area contributed by atoms with E-state index in [-0.39, 0.29) is 18.2 Å². The van der Waals surface area contributed by atoms with E-state index in [0.717, 1.165) is 0 Å². The summed E-state index contributed by atoms with van der Waals surface area (Å²) in [5, 5.41) is 19.9. The third-order valence-electron chi connectivity index (χ3n) is 4.50. The summed E-state index contributed by atoms with van der Waals surface area (Å²) in [6.45, 7) is 5.72. The SMILES string of the molecule is CC[C@H](O)C[C@H](O)/C=C/c1c(C(C)C)nc(=O)n(C)c1-c1ccc(F)cc1. The van der Waals surface area contributed by atoms with Gasteiger partial charge in [-0.1, -0.05) is 32.9 Å². The van der Waals surface area contributed by atoms with Crippen LogP contribution in [0.25, 0.3) is 17.3 Å². The maximum absolute atomic E-state index is 13.3. The van der Waals surface area contributed by atoms with Crippen LogP contribution < -0.4 is 5.69 Å². The molecular formula is C21H27FN2O3. The molecule has 0 unspecified atom stereocenters. The highest BCUT2D eigenvalue weighted by Crippen LogP contribution is 2.29. The summed E-state index contributed by atoms with van der Waals surface area (Å²) in [6.07, 6.45) is 2.72. The second-order valence-electron chi connectivity index (χ2n) is 6.99. The molecule has 1 heterocycles. The van der Waals surface area contributed by atoms with Gasteiger partial charge >= 0.3 is 5.69 Å². The van der Waals surface area contributed by atoms with Crippen molar-refractivity contribution >= 4 is 6.08 Å². The van der Waals surface area contributed by atoms with E-state index in [4.69, 9.17) is 0 Å². The Balaban J connectivity index is 2.60. The maximum atomic E-state index is 13.3. The Labute approximate surface area is 158 Å². The van der Waals surface area contributed by atoms with Crippen LogP contribution in [0.1, 0.15) is 50.8 Å². The van der Waals surface area contributed by atoms with Gasteiger partial charge < -0.3 is 10.2 Å². The van der Waals surface area contributed by atoms with Gasteiger partial charge in [0, 0.05) is 19.0 Å². The molecule has 6 heteroatoms. The van der Waals surface area contributed by atoms with E-state index >= 15 is 0 Å². The van der Waals surface area contributed by atoms with Crippen LogP contribution in [0, 0.1) is 5.82 Å². The lowest BCUT2D eigenvalue weighted by Crippen LogP contribution is -2.25. The molecule has 2 rings (SSSR count). The first kappa shape index (κ1) is 21.0. The van der Waals surface area contributed by atoms with Crippen LogP contribution in [0.5, 0.6) is 0 Å². The van der Waals surface area contributed by atoms with Crippen molar-refractivity contribution in [2.75, 3.05) is 0 Å². The number of hydrogen-bond donors (Lipinski definition) is 2. The number of halogens is 1. The summed E-state index contributed by atoms with van der Waals surface area (Å²) in [5.41, 5.74) is 2.21. The lowest BCUT2D eigenvalue weighted by molar-refractivity contribution is 0.102. The average molecular weight is 374 g/mol. The highest BCUT2D eigenvalue weighted by molar-refractivity contribution is 5.74. The molecule has 1 aromatic heterocycles. The van der Waals surface area contributed by atoms with Crippen LogP contribution in [0.4, 0.5) is 4.39 Å². The molecule has 0 fully saturated rings. The van der Waals surface area contributed by atoms with Crippen molar-refractivity contribution in [2.24, 2.45) is 7.05 Å². The molecule has 0 aliphatic heterocycles. The Bertz CT molecular complexity index is 857. The molecule has 146 valence electrons. The fraction of sp³-hybridized carbons (Fsp3) is 0.429. The molecule has 0 aliphatic carbocycles. The minimum absolute atomic E-state index is 0.0175. The second kappa shape index (κ2) is 9.06. The molecule has 2 atom stereocenters. The standard InChI is InChI=1S/C21H27FN2O3/c1-5-16(25)12-17(26)10-11-18-19(13(2)3)23-21(27)24(4)20(18)14-6-8-15(22)9-7-14/h6-11,13,16-17,25-26H,5,12H2,1-4H3/b11-10+/t16-,17+/m0/s1. The molecule has 0 aliphatic rings. The second-order valence-corrected chi connectivity index (χ2v) is 6.99. The highest BCUT2D eigenvalue weighted by atomic mass is 19.1. The third-order valence-corrected chi connectivity index (χ3v) is 4.50. The number of aliphatic hydroxyl groups excluding tert-OH is 2. The molecular weight excluding hydrogens is 347 g/mol. The zero-order valence-corrected chi connectivity index (χ0v) is 16.2. The Morgan fingerprint density at radius 3 is 2.41 bits per heavy atom. The van der Waals surface area contributed by atoms with Gasteiger partial charge in [-0.25, -0.2) is 9.18 Å². The van der Waals surface area contributed by atoms with Gasteiger partial charge in [-0.3, -0.25) is 4.57 Å². The summed E-state index contributed by atoms with van der Waals surface area (Å²) < 4.78 is 14.8. The van der Waals surface area contributed by atoms with E-state index in [1.165, 1.54) is 16.7 Å². The fourth-order valence-electron chi connectivity index (χ4n) is 2.93. The Morgan fingerprint density at radius 1 is 1.22 bits per heavy atom. The van der Waals surface area contributed by atoms with Crippen LogP contribution in [-0.2, 0) is 7.05 Å². The van der Waals surface area contributed by atoms with Crippen LogP contribution in [0.2, 0.25) is 0 Å². The fourth-order valence-corrected chi connectivity index (χ4v) is 2.93. The van der Waals surface area contributed by atoms with E-state index in [0.29, 0.717) is 28.9 Å². The van der Waals surface area contributed by atoms with Gasteiger partial charge in [0.05, 0.1) is 23.6 Å². The van der Waals surface area contributed by atoms with Gasteiger partial charge in [0.1, 0.15) is 5.82 Å². The van der Waals surface area contributed by atoms with E-state index < -0.39 is 17.9 Å². The Hall–Kier alpha value is -2.31. The molecule has 0 bridgehead atoms. The van der Waals surface area contributed by atoms with Gasteiger partial charge in [-0.15, -0.1) is 0 Å². The van der Waals surface area contributed by atoms with Crippen molar-refractivity contribution in [3.8, 4) is 11.3 Å². The predicted molar refractivity (Wildman–Crippen MR) is 105 cm³/mol. The van der Waals surface area contributed by atoms with Gasteiger partial charge in [0.2, 0.25) is 0 Å². The minimum atomic E-state index is -0.821. The summed E-state index contributed by atoms with van der Waals surface area (Å²) in [6, 6.07) is 5.91. The minimum Gasteiger partial charge on any atom is -0.393 e. The zero-order valence-electron chi connectivity index (χ0n) is 16.2. The smallest absolute Gasteiger partial charge is 0.348 e. The number of aromatic nitrogens is 2. The number of aliphatic hydroxyl groups is 2. The molecule has 0 spiro atoms. The van der Waals surface area contributed by atoms with Gasteiger partial charge in [-0.05, 0) is 42.2 Å². The molecule has 2 N–H and O–H groups in total. The topological polar surface area (TPSA) is 75.3 Å². The largest absolute Gasteiger partial charge is 0.393 e. The summed E-state index contributed by atoms with van der Waals surface area (Å²) >= 11 is 0. The Kier molecular flexibility index (Phi) is 7.05. The van der Waals surface area contributed by atoms with E-state index in [1.54, 1.807) is 31.3 Å². The summed E-state index contributed by atoms with van der Waals surface area (Å²) in [7, 11) is 1.62. The number of rotatable bonds is 7. The zero-order chi connectivity index (χ0) is 20.1. The normalized spacial score (nSPS) is 14.1. The molecule has 0 saturated carbocycles. The van der Waals surface area contributed by atoms with E-state index in [2.05, 4.69) is 4.98 Å². The summed E-state index contributed by atoms with van der Waals surface area (Å²) in [5.74, 6) is -0.376. The van der Waals surface area contributed by atoms with Crippen molar-refractivity contribution in [1.82, 2.24) is 9.55 Å². The van der Waals surface area contributed by atoms with E-state index in [1.807, 2.05) is 20.8 Å². The molecule has 5 nitrogen and oxygen atoms in total. The molecule has 0 amide bonds. The maximum Gasteiger partial charge on any atom is 0.348 e. The first-order valence-corrected chi connectivity index (χ1v) is 9.15. The van der Waals surface area contributed by atoms with Crippen molar-refractivity contribution in [2.45, 2.75) is 51.7 Å². The third kappa shape index (κ3) is 5.11. The van der Waals surface area contributed by atoms with Crippen LogP contribution >= 0.6 is 0 Å². The van der Waals surface area contributed by atoms with Gasteiger partial charge in [0.15, 0.2) is 0 Å². The lowest BCUT2D eigenvalue weighted by Gasteiger charge is -2.18. The van der Waals surface area contributed by atoms with Crippen molar-refractivity contribution < 1.29 is 14.6 Å². The van der Waals surface area contributed by atoms with Crippen molar-refractivity contribution in [1.29, 1.82) is 0 Å². The lowest BCUT2D eigenvalue weighted by atomic mass is 9.97. The average Bonchev–Trinajstić information content (AvgIpc) is 2.63. The number of nitrogens with zero attached hydrogens (tertiary/aromatic N) is 2. The number of hydrogen-bond acceptors (Lipinski definition) is 4. The van der Waals surface area contributed by atoms with Gasteiger partial charge in [0.25, 0.3) is 0 Å². The molecule has 0 saturated heterocycles. The van der Waals surface area contributed by atoms with Crippen LogP contribution in [0.3, 0.4) is 0 Å². The van der Waals surface area contributed by atoms with Crippen molar-refractivity contribution in [3.05, 3.63) is 57.9 Å². The van der Waals surface area contributed by atoms with Gasteiger partial charge in [-0.2, -0.15) is 4.98 Å². The number of benzene rings is 1. The summed E-state index contributed by atoms with van der Waals surface area (Å²) in [4.78, 5) is 16.5.